The molecule has 0 radical (unpaired) electrons. The van der Waals surface area contributed by atoms with E-state index in [0.29, 0.717) is 0 Å². The fourth-order valence-corrected chi connectivity index (χ4v) is 1.69. The smallest absolute Gasteiger partial charge is 0.357 e. The number of carbonyl (C=O) groups is 1. The minimum atomic E-state index is -4.59. The molecule has 0 saturated carbocycles. The van der Waals surface area contributed by atoms with E-state index in [4.69, 9.17) is 11.6 Å². The average Bonchev–Trinajstić information content (AvgIpc) is 2.83. The third-order valence-corrected chi connectivity index (χ3v) is 2.61. The minimum Gasteiger partial charge on any atom is -0.357 e. The number of hydrogen-bond donors (Lipinski definition) is 2. The molecule has 1 amide bonds. The fourth-order valence-electron chi connectivity index (χ4n) is 1.52. The van der Waals surface area contributed by atoms with Crippen LogP contribution in [-0.4, -0.2) is 10.9 Å². The molecule has 2 N–H and O–H groups in total. The number of carbonyl (C=O) groups excluding carboxylic acids is 1. The van der Waals surface area contributed by atoms with Crippen LogP contribution in [0.4, 0.5) is 18.9 Å². The van der Waals surface area contributed by atoms with Crippen LogP contribution < -0.4 is 5.32 Å². The van der Waals surface area contributed by atoms with Crippen molar-refractivity contribution in [3.63, 3.8) is 0 Å². The number of amides is 1. The van der Waals surface area contributed by atoms with Crippen LogP contribution in [0.15, 0.2) is 36.5 Å². The van der Waals surface area contributed by atoms with E-state index >= 15 is 0 Å². The number of benzene rings is 1. The molecule has 0 aliphatic carbocycles. The predicted molar refractivity (Wildman–Crippen MR) is 65.2 cm³/mol. The van der Waals surface area contributed by atoms with E-state index in [1.54, 1.807) is 6.07 Å². The topological polar surface area (TPSA) is 44.9 Å². The number of nitrogens with one attached hydrogen (secondary N) is 2. The molecule has 0 aliphatic heterocycles. The molecular formula is C12H8ClF3N2O. The Balaban J connectivity index is 2.33. The lowest BCUT2D eigenvalue weighted by atomic mass is 10.1. The first kappa shape index (κ1) is 13.5. The van der Waals surface area contributed by atoms with E-state index in [0.717, 1.165) is 12.1 Å². The highest BCUT2D eigenvalue weighted by molar-refractivity contribution is 6.30. The molecule has 0 atom stereocenters. The summed E-state index contributed by atoms with van der Waals surface area (Å²) in [5, 5.41) is 2.15. The highest BCUT2D eigenvalue weighted by Gasteiger charge is 2.34. The van der Waals surface area contributed by atoms with Gasteiger partial charge in [0.05, 0.1) is 11.3 Å². The number of aromatic nitrogens is 1. The van der Waals surface area contributed by atoms with Gasteiger partial charge in [-0.2, -0.15) is 13.2 Å². The zero-order valence-electron chi connectivity index (χ0n) is 9.38. The summed E-state index contributed by atoms with van der Waals surface area (Å²) in [6.45, 7) is 0. The number of aromatic amines is 1. The molecule has 3 nitrogen and oxygen atoms in total. The lowest BCUT2D eigenvalue weighted by molar-refractivity contribution is -0.136. The second kappa shape index (κ2) is 4.97. The van der Waals surface area contributed by atoms with Gasteiger partial charge in [0.2, 0.25) is 0 Å². The Morgan fingerprint density at radius 3 is 2.58 bits per heavy atom. The summed E-state index contributed by atoms with van der Waals surface area (Å²) in [6, 6.07) is 6.19. The van der Waals surface area contributed by atoms with Gasteiger partial charge in [0, 0.05) is 11.2 Å². The van der Waals surface area contributed by atoms with Crippen molar-refractivity contribution in [2.24, 2.45) is 0 Å². The van der Waals surface area contributed by atoms with Gasteiger partial charge in [-0.15, -0.1) is 0 Å². The van der Waals surface area contributed by atoms with Gasteiger partial charge in [0.1, 0.15) is 5.69 Å². The summed E-state index contributed by atoms with van der Waals surface area (Å²) in [5.74, 6) is -0.655. The average molecular weight is 289 g/mol. The van der Waals surface area contributed by atoms with Gasteiger partial charge in [-0.25, -0.2) is 0 Å². The van der Waals surface area contributed by atoms with E-state index in [2.05, 4.69) is 10.3 Å². The van der Waals surface area contributed by atoms with E-state index in [9.17, 15) is 18.0 Å². The van der Waals surface area contributed by atoms with Gasteiger partial charge in [-0.1, -0.05) is 11.6 Å². The van der Waals surface area contributed by atoms with E-state index in [1.807, 2.05) is 0 Å². The van der Waals surface area contributed by atoms with Crippen molar-refractivity contribution < 1.29 is 18.0 Å². The molecule has 1 aromatic heterocycles. The first-order valence-corrected chi connectivity index (χ1v) is 5.57. The largest absolute Gasteiger partial charge is 0.418 e. The summed E-state index contributed by atoms with van der Waals surface area (Å²) in [5.41, 5.74) is -1.15. The number of halogens is 4. The Labute approximate surface area is 111 Å². The van der Waals surface area contributed by atoms with Crippen LogP contribution in [0.3, 0.4) is 0 Å². The molecule has 0 fully saturated rings. The maximum Gasteiger partial charge on any atom is 0.418 e. The number of anilines is 1. The van der Waals surface area contributed by atoms with Crippen molar-refractivity contribution in [3.05, 3.63) is 52.8 Å². The zero-order chi connectivity index (χ0) is 14.0. The molecule has 0 aliphatic rings. The number of rotatable bonds is 2. The molecular weight excluding hydrogens is 281 g/mol. The lowest BCUT2D eigenvalue weighted by Crippen LogP contribution is -2.16. The van der Waals surface area contributed by atoms with Crippen LogP contribution in [0.5, 0.6) is 0 Å². The molecule has 0 bridgehead atoms. The SMILES string of the molecule is O=C(Nc1ccc(Cl)cc1C(F)(F)F)c1ccc[nH]1. The quantitative estimate of drug-likeness (QED) is 0.864. The van der Waals surface area contributed by atoms with E-state index in [-0.39, 0.29) is 16.4 Å². The van der Waals surface area contributed by atoms with Gasteiger partial charge < -0.3 is 10.3 Å². The Hall–Kier alpha value is -1.95. The number of hydrogen-bond acceptors (Lipinski definition) is 1. The van der Waals surface area contributed by atoms with Crippen LogP contribution in [0.1, 0.15) is 16.1 Å². The minimum absolute atomic E-state index is 0.0507. The lowest BCUT2D eigenvalue weighted by Gasteiger charge is -2.13. The van der Waals surface area contributed by atoms with Crippen molar-refractivity contribution in [1.82, 2.24) is 4.98 Å². The molecule has 2 rings (SSSR count). The molecule has 1 heterocycles. The van der Waals surface area contributed by atoms with E-state index in [1.165, 1.54) is 18.3 Å². The van der Waals surface area contributed by atoms with Gasteiger partial charge in [0.25, 0.3) is 5.91 Å². The third-order valence-electron chi connectivity index (χ3n) is 2.38. The Morgan fingerprint density at radius 2 is 2.00 bits per heavy atom. The summed E-state index contributed by atoms with van der Waals surface area (Å²) in [6.07, 6.45) is -3.09. The van der Waals surface area contributed by atoms with E-state index < -0.39 is 17.6 Å². The molecule has 0 unspecified atom stereocenters. The molecule has 7 heteroatoms. The molecule has 2 aromatic rings. The highest BCUT2D eigenvalue weighted by atomic mass is 35.5. The van der Waals surface area contributed by atoms with Crippen molar-refractivity contribution in [1.29, 1.82) is 0 Å². The summed E-state index contributed by atoms with van der Waals surface area (Å²) < 4.78 is 38.4. The van der Waals surface area contributed by atoms with Gasteiger partial charge in [0.15, 0.2) is 0 Å². The summed E-state index contributed by atoms with van der Waals surface area (Å²) >= 11 is 5.54. The van der Waals surface area contributed by atoms with Crippen molar-refractivity contribution in [2.75, 3.05) is 5.32 Å². The molecule has 0 saturated heterocycles. The number of alkyl halides is 3. The molecule has 19 heavy (non-hydrogen) atoms. The van der Waals surface area contributed by atoms with Crippen LogP contribution in [-0.2, 0) is 6.18 Å². The Kier molecular flexibility index (Phi) is 3.53. The third kappa shape index (κ3) is 3.08. The Bertz CT molecular complexity index is 594. The van der Waals surface area contributed by atoms with Crippen LogP contribution in [0.25, 0.3) is 0 Å². The molecule has 100 valence electrons. The molecule has 0 spiro atoms. The van der Waals surface area contributed by atoms with Gasteiger partial charge in [-0.3, -0.25) is 4.79 Å². The Morgan fingerprint density at radius 1 is 1.26 bits per heavy atom. The first-order chi connectivity index (χ1) is 8.88. The van der Waals surface area contributed by atoms with Crippen LogP contribution in [0.2, 0.25) is 5.02 Å². The normalized spacial score (nSPS) is 11.4. The monoisotopic (exact) mass is 288 g/mol. The second-order valence-electron chi connectivity index (χ2n) is 3.73. The highest BCUT2D eigenvalue weighted by Crippen LogP contribution is 2.36. The van der Waals surface area contributed by atoms with Gasteiger partial charge >= 0.3 is 6.18 Å². The first-order valence-electron chi connectivity index (χ1n) is 5.19. The van der Waals surface area contributed by atoms with Gasteiger partial charge in [-0.05, 0) is 30.3 Å². The van der Waals surface area contributed by atoms with Crippen molar-refractivity contribution >= 4 is 23.2 Å². The maximum absolute atomic E-state index is 12.8. The van der Waals surface area contributed by atoms with Crippen LogP contribution >= 0.6 is 11.6 Å². The standard InChI is InChI=1S/C12H8ClF3N2O/c13-7-3-4-9(8(6-7)12(14,15)16)18-11(19)10-2-1-5-17-10/h1-6,17H,(H,18,19). The predicted octanol–water partition coefficient (Wildman–Crippen LogP) is 3.94. The van der Waals surface area contributed by atoms with Crippen molar-refractivity contribution in [2.45, 2.75) is 6.18 Å². The summed E-state index contributed by atoms with van der Waals surface area (Å²) in [4.78, 5) is 14.3. The van der Waals surface area contributed by atoms with Crippen LogP contribution in [0, 0.1) is 0 Å². The molecule has 1 aromatic carbocycles. The second-order valence-corrected chi connectivity index (χ2v) is 4.16. The fraction of sp³-hybridized carbons (Fsp3) is 0.0833. The number of H-pyrrole nitrogens is 1. The van der Waals surface area contributed by atoms with Crippen molar-refractivity contribution in [3.8, 4) is 0 Å². The summed E-state index contributed by atoms with van der Waals surface area (Å²) in [7, 11) is 0. The maximum atomic E-state index is 12.8. The zero-order valence-corrected chi connectivity index (χ0v) is 10.1.